The van der Waals surface area contributed by atoms with E-state index in [1.54, 1.807) is 0 Å². The molecule has 7 heteroatoms. The number of nitrogens with one attached hydrogen (secondary N) is 2. The van der Waals surface area contributed by atoms with E-state index < -0.39 is 11.0 Å². The lowest BCUT2D eigenvalue weighted by molar-refractivity contribution is -0.120. The van der Waals surface area contributed by atoms with Crippen molar-refractivity contribution < 1.29 is 14.1 Å². The van der Waals surface area contributed by atoms with Crippen molar-refractivity contribution in [3.05, 3.63) is 24.3 Å². The van der Waals surface area contributed by atoms with Crippen LogP contribution in [0.4, 0.5) is 11.4 Å². The first-order valence-electron chi connectivity index (χ1n) is 9.93. The van der Waals surface area contributed by atoms with Crippen LogP contribution < -0.4 is 14.9 Å². The molecule has 2 atom stereocenters. The molecule has 2 fully saturated rings. The van der Waals surface area contributed by atoms with Crippen LogP contribution in [0.5, 0.6) is 0 Å². The van der Waals surface area contributed by atoms with Crippen LogP contribution in [0.25, 0.3) is 0 Å². The van der Waals surface area contributed by atoms with E-state index in [1.165, 1.54) is 0 Å². The number of carbonyl (C=O) groups excluding carboxylic acids is 1. The maximum atomic E-state index is 12.6. The molecule has 1 saturated carbocycles. The summed E-state index contributed by atoms with van der Waals surface area (Å²) >= 11 is 0. The first-order chi connectivity index (χ1) is 12.9. The third-order valence-corrected chi connectivity index (χ3v) is 6.89. The Kier molecular flexibility index (Phi) is 6.89. The van der Waals surface area contributed by atoms with Crippen LogP contribution in [-0.2, 0) is 15.8 Å². The molecule has 1 heterocycles. The number of anilines is 2. The molecular formula is C20H31N3O3S. The van der Waals surface area contributed by atoms with Crippen LogP contribution in [0.3, 0.4) is 0 Å². The van der Waals surface area contributed by atoms with Crippen molar-refractivity contribution in [3.63, 3.8) is 0 Å². The van der Waals surface area contributed by atoms with Crippen molar-refractivity contribution in [3.8, 4) is 0 Å². The fraction of sp³-hybridized carbons (Fsp3) is 0.650. The number of aliphatic hydroxyl groups is 1. The van der Waals surface area contributed by atoms with Crippen molar-refractivity contribution in [2.45, 2.75) is 63.3 Å². The summed E-state index contributed by atoms with van der Waals surface area (Å²) in [6, 6.07) is 8.09. The lowest BCUT2D eigenvalue weighted by Crippen LogP contribution is -2.39. The minimum absolute atomic E-state index is 0.0175. The summed E-state index contributed by atoms with van der Waals surface area (Å²) in [6.45, 7) is 5.43. The first kappa shape index (κ1) is 20.3. The molecule has 1 aliphatic heterocycles. The molecule has 0 aromatic heterocycles. The van der Waals surface area contributed by atoms with E-state index >= 15 is 0 Å². The van der Waals surface area contributed by atoms with Gasteiger partial charge < -0.3 is 15.3 Å². The third kappa shape index (κ3) is 5.53. The fourth-order valence-corrected chi connectivity index (χ4v) is 4.59. The van der Waals surface area contributed by atoms with Gasteiger partial charge in [-0.15, -0.1) is 0 Å². The van der Waals surface area contributed by atoms with Gasteiger partial charge in [0, 0.05) is 41.7 Å². The van der Waals surface area contributed by atoms with E-state index in [0.717, 1.165) is 50.0 Å². The Morgan fingerprint density at radius 2 is 1.81 bits per heavy atom. The molecule has 1 saturated heterocycles. The Morgan fingerprint density at radius 1 is 1.15 bits per heavy atom. The van der Waals surface area contributed by atoms with Gasteiger partial charge in [0.05, 0.1) is 17.1 Å². The number of hydrogen-bond acceptors (Lipinski definition) is 4. The van der Waals surface area contributed by atoms with Gasteiger partial charge in [0.25, 0.3) is 0 Å². The highest BCUT2D eigenvalue weighted by Crippen LogP contribution is 2.27. The number of hydrogen-bond donors (Lipinski definition) is 3. The molecule has 1 aromatic rings. The normalized spacial score (nSPS) is 27.0. The minimum Gasteiger partial charge on any atom is -0.391 e. The average molecular weight is 394 g/mol. The Hall–Kier alpha value is -1.44. The maximum Gasteiger partial charge on any atom is 0.227 e. The summed E-state index contributed by atoms with van der Waals surface area (Å²) in [5, 5.41) is 12.8. The summed E-state index contributed by atoms with van der Waals surface area (Å²) < 4.78 is 15.1. The van der Waals surface area contributed by atoms with Crippen molar-refractivity contribution in [1.82, 2.24) is 4.72 Å². The molecule has 3 N–H and O–H groups in total. The molecule has 1 aromatic carbocycles. The van der Waals surface area contributed by atoms with Gasteiger partial charge >= 0.3 is 0 Å². The van der Waals surface area contributed by atoms with Crippen LogP contribution in [0.1, 0.15) is 46.0 Å². The Bertz CT molecular complexity index is 657. The molecule has 27 heavy (non-hydrogen) atoms. The van der Waals surface area contributed by atoms with Gasteiger partial charge in [-0.25, -0.2) is 8.93 Å². The molecule has 2 aliphatic rings. The van der Waals surface area contributed by atoms with Crippen molar-refractivity contribution in [1.29, 1.82) is 0 Å². The zero-order chi connectivity index (χ0) is 19.4. The quantitative estimate of drug-likeness (QED) is 0.693. The second-order valence-corrected chi connectivity index (χ2v) is 9.71. The van der Waals surface area contributed by atoms with E-state index in [2.05, 4.69) is 14.9 Å². The highest BCUT2D eigenvalue weighted by atomic mass is 32.2. The van der Waals surface area contributed by atoms with Crippen LogP contribution in [0.2, 0.25) is 0 Å². The fourth-order valence-electron chi connectivity index (χ4n) is 3.75. The van der Waals surface area contributed by atoms with E-state index in [1.807, 2.05) is 38.1 Å². The van der Waals surface area contributed by atoms with E-state index in [9.17, 15) is 14.1 Å². The molecule has 6 nitrogen and oxygen atoms in total. The Balaban J connectivity index is 1.46. The number of carbonyl (C=O) groups is 1. The first-order valence-corrected chi connectivity index (χ1v) is 11.1. The largest absolute Gasteiger partial charge is 0.391 e. The number of benzene rings is 1. The monoisotopic (exact) mass is 393 g/mol. The standard InChI is InChI=1S/C20H31N3O3S/c1-14(2)27(26)22-17-5-3-15(4-6-17)20(25)21-16-7-9-18(10-8-16)23-12-11-19(24)13-23/h7-10,14-15,17,19,22,24H,3-6,11-13H2,1-2H3,(H,21,25). The number of rotatable bonds is 6. The molecule has 1 aliphatic carbocycles. The van der Waals surface area contributed by atoms with E-state index in [4.69, 9.17) is 0 Å². The third-order valence-electron chi connectivity index (χ3n) is 5.47. The van der Waals surface area contributed by atoms with Gasteiger partial charge in [0.2, 0.25) is 5.91 Å². The van der Waals surface area contributed by atoms with Crippen LogP contribution in [-0.4, -0.2) is 45.7 Å². The average Bonchev–Trinajstić information content (AvgIpc) is 3.09. The maximum absolute atomic E-state index is 12.6. The van der Waals surface area contributed by atoms with Gasteiger partial charge in [0.15, 0.2) is 0 Å². The summed E-state index contributed by atoms with van der Waals surface area (Å²) in [5.41, 5.74) is 1.89. The molecule has 0 spiro atoms. The topological polar surface area (TPSA) is 81.7 Å². The zero-order valence-electron chi connectivity index (χ0n) is 16.2. The molecule has 1 amide bonds. The number of amides is 1. The molecular weight excluding hydrogens is 362 g/mol. The number of aliphatic hydroxyl groups excluding tert-OH is 1. The van der Waals surface area contributed by atoms with Crippen LogP contribution in [0.15, 0.2) is 24.3 Å². The Labute approximate surface area is 164 Å². The SMILES string of the molecule is CC(C)S(=O)NC1CCC(C(=O)Nc2ccc(N3CCC(O)C3)cc2)CC1. The van der Waals surface area contributed by atoms with Gasteiger partial charge in [-0.1, -0.05) is 0 Å². The molecule has 0 bridgehead atoms. The van der Waals surface area contributed by atoms with E-state index in [-0.39, 0.29) is 29.2 Å². The van der Waals surface area contributed by atoms with Crippen molar-refractivity contribution in [2.75, 3.05) is 23.3 Å². The van der Waals surface area contributed by atoms with E-state index in [0.29, 0.717) is 6.54 Å². The second-order valence-electron chi connectivity index (χ2n) is 7.94. The summed E-state index contributed by atoms with van der Waals surface area (Å²) in [7, 11) is -0.999. The number of nitrogens with zero attached hydrogens (tertiary/aromatic N) is 1. The highest BCUT2D eigenvalue weighted by Gasteiger charge is 2.27. The summed E-state index contributed by atoms with van der Waals surface area (Å²) in [5.74, 6) is 0.0896. The minimum atomic E-state index is -0.999. The number of β-amino-alcohol motifs (C(OH)–C–C–N with tert-alkyl or cyclic N) is 1. The zero-order valence-corrected chi connectivity index (χ0v) is 17.0. The lowest BCUT2D eigenvalue weighted by atomic mass is 9.86. The summed E-state index contributed by atoms with van der Waals surface area (Å²) in [6.07, 6.45) is 3.97. The predicted octanol–water partition coefficient (Wildman–Crippen LogP) is 2.42. The Morgan fingerprint density at radius 3 is 2.37 bits per heavy atom. The van der Waals surface area contributed by atoms with Gasteiger partial charge in [-0.3, -0.25) is 4.79 Å². The molecule has 150 valence electrons. The molecule has 0 radical (unpaired) electrons. The second kappa shape index (κ2) is 9.17. The van der Waals surface area contributed by atoms with Crippen LogP contribution >= 0.6 is 0 Å². The predicted molar refractivity (Wildman–Crippen MR) is 110 cm³/mol. The van der Waals surface area contributed by atoms with Crippen LogP contribution in [0, 0.1) is 5.92 Å². The highest BCUT2D eigenvalue weighted by molar-refractivity contribution is 7.83. The van der Waals surface area contributed by atoms with Gasteiger partial charge in [-0.2, -0.15) is 0 Å². The van der Waals surface area contributed by atoms with Gasteiger partial charge in [0.1, 0.15) is 0 Å². The lowest BCUT2D eigenvalue weighted by Gasteiger charge is -2.28. The molecule has 2 unspecified atom stereocenters. The van der Waals surface area contributed by atoms with Crippen molar-refractivity contribution in [2.24, 2.45) is 5.92 Å². The van der Waals surface area contributed by atoms with Gasteiger partial charge in [-0.05, 0) is 70.2 Å². The molecule has 3 rings (SSSR count). The summed E-state index contributed by atoms with van der Waals surface area (Å²) in [4.78, 5) is 14.7. The smallest absolute Gasteiger partial charge is 0.227 e. The van der Waals surface area contributed by atoms with Crippen molar-refractivity contribution >= 4 is 28.3 Å².